The first-order chi connectivity index (χ1) is 12.8. The molecule has 0 atom stereocenters. The van der Waals surface area contributed by atoms with Gasteiger partial charge >= 0.3 is 0 Å². The average Bonchev–Trinajstić information content (AvgIpc) is 2.99. The molecule has 0 unspecified atom stereocenters. The van der Waals surface area contributed by atoms with Crippen molar-refractivity contribution in [2.24, 2.45) is 0 Å². The summed E-state index contributed by atoms with van der Waals surface area (Å²) in [6.07, 6.45) is 1.52. The summed E-state index contributed by atoms with van der Waals surface area (Å²) in [6, 6.07) is 18.2. The molecule has 0 aliphatic carbocycles. The van der Waals surface area contributed by atoms with Crippen molar-refractivity contribution >= 4 is 16.9 Å². The Labute approximate surface area is 154 Å². The van der Waals surface area contributed by atoms with E-state index < -0.39 is 0 Å². The molecule has 3 aromatic rings. The lowest BCUT2D eigenvalue weighted by Crippen LogP contribution is -2.29. The Morgan fingerprint density at radius 3 is 2.69 bits per heavy atom. The first-order valence-electron chi connectivity index (χ1n) is 9.10. The SMILES string of the molecule is CCOCCCNC(=O)Cn1c(Cc2ccccc2)nc2ccccc21. The van der Waals surface area contributed by atoms with Gasteiger partial charge in [-0.15, -0.1) is 0 Å². The summed E-state index contributed by atoms with van der Waals surface area (Å²) in [7, 11) is 0. The molecule has 0 radical (unpaired) electrons. The molecule has 0 aliphatic rings. The van der Waals surface area contributed by atoms with E-state index in [1.165, 1.54) is 5.56 Å². The smallest absolute Gasteiger partial charge is 0.240 e. The highest BCUT2D eigenvalue weighted by molar-refractivity contribution is 5.81. The van der Waals surface area contributed by atoms with Crippen LogP contribution in [0.1, 0.15) is 24.7 Å². The van der Waals surface area contributed by atoms with Crippen molar-refractivity contribution in [1.29, 1.82) is 0 Å². The number of ether oxygens (including phenoxy) is 1. The van der Waals surface area contributed by atoms with Crippen molar-refractivity contribution < 1.29 is 9.53 Å². The Morgan fingerprint density at radius 2 is 1.88 bits per heavy atom. The molecule has 136 valence electrons. The van der Waals surface area contributed by atoms with Gasteiger partial charge in [0, 0.05) is 26.2 Å². The molecule has 1 aromatic heterocycles. The van der Waals surface area contributed by atoms with E-state index in [1.54, 1.807) is 0 Å². The molecule has 0 fully saturated rings. The molecule has 0 aliphatic heterocycles. The number of imidazole rings is 1. The summed E-state index contributed by atoms with van der Waals surface area (Å²) < 4.78 is 7.31. The van der Waals surface area contributed by atoms with E-state index in [0.29, 0.717) is 26.2 Å². The quantitative estimate of drug-likeness (QED) is 0.603. The van der Waals surface area contributed by atoms with Crippen LogP contribution in [0.2, 0.25) is 0 Å². The largest absolute Gasteiger partial charge is 0.382 e. The van der Waals surface area contributed by atoms with Crippen LogP contribution in [-0.4, -0.2) is 35.2 Å². The Hall–Kier alpha value is -2.66. The first kappa shape index (κ1) is 18.1. The molecule has 3 rings (SSSR count). The number of carbonyl (C=O) groups is 1. The fraction of sp³-hybridized carbons (Fsp3) is 0.333. The van der Waals surface area contributed by atoms with E-state index in [-0.39, 0.29) is 12.5 Å². The molecular formula is C21H25N3O2. The molecule has 2 aromatic carbocycles. The summed E-state index contributed by atoms with van der Waals surface area (Å²) >= 11 is 0. The van der Waals surface area contributed by atoms with Gasteiger partial charge in [-0.25, -0.2) is 4.98 Å². The van der Waals surface area contributed by atoms with Crippen LogP contribution in [0.4, 0.5) is 0 Å². The zero-order valence-electron chi connectivity index (χ0n) is 15.1. The number of nitrogens with zero attached hydrogens (tertiary/aromatic N) is 2. The molecule has 1 amide bonds. The zero-order valence-corrected chi connectivity index (χ0v) is 15.1. The topological polar surface area (TPSA) is 56.1 Å². The van der Waals surface area contributed by atoms with Gasteiger partial charge in [-0.05, 0) is 31.0 Å². The second-order valence-corrected chi connectivity index (χ2v) is 6.17. The van der Waals surface area contributed by atoms with Crippen LogP contribution >= 0.6 is 0 Å². The molecule has 5 heteroatoms. The maximum Gasteiger partial charge on any atom is 0.240 e. The van der Waals surface area contributed by atoms with Crippen molar-refractivity contribution in [2.75, 3.05) is 19.8 Å². The molecule has 0 spiro atoms. The van der Waals surface area contributed by atoms with E-state index in [0.717, 1.165) is 23.3 Å². The van der Waals surface area contributed by atoms with Gasteiger partial charge in [-0.1, -0.05) is 42.5 Å². The molecule has 1 heterocycles. The zero-order chi connectivity index (χ0) is 18.2. The molecule has 0 saturated carbocycles. The predicted octanol–water partition coefficient (Wildman–Crippen LogP) is 3.17. The third-order valence-electron chi connectivity index (χ3n) is 4.23. The number of aromatic nitrogens is 2. The van der Waals surface area contributed by atoms with E-state index in [4.69, 9.17) is 9.72 Å². The highest BCUT2D eigenvalue weighted by Gasteiger charge is 2.13. The Bertz CT molecular complexity index is 843. The minimum absolute atomic E-state index is 0.000960. The molecule has 5 nitrogen and oxygen atoms in total. The summed E-state index contributed by atoms with van der Waals surface area (Å²) in [6.45, 7) is 4.25. The number of fused-ring (bicyclic) bond motifs is 1. The van der Waals surface area contributed by atoms with Crippen LogP contribution in [-0.2, 0) is 22.5 Å². The fourth-order valence-corrected chi connectivity index (χ4v) is 2.96. The van der Waals surface area contributed by atoms with E-state index >= 15 is 0 Å². The molecule has 26 heavy (non-hydrogen) atoms. The maximum absolute atomic E-state index is 12.4. The van der Waals surface area contributed by atoms with Crippen molar-refractivity contribution in [2.45, 2.75) is 26.3 Å². The van der Waals surface area contributed by atoms with Crippen molar-refractivity contribution in [3.8, 4) is 0 Å². The number of carbonyl (C=O) groups excluding carboxylic acids is 1. The minimum Gasteiger partial charge on any atom is -0.382 e. The molecule has 0 bridgehead atoms. The monoisotopic (exact) mass is 351 g/mol. The Balaban J connectivity index is 1.73. The number of nitrogens with one attached hydrogen (secondary N) is 1. The number of hydrogen-bond acceptors (Lipinski definition) is 3. The summed E-state index contributed by atoms with van der Waals surface area (Å²) in [5.41, 5.74) is 3.09. The van der Waals surface area contributed by atoms with Gasteiger partial charge in [0.15, 0.2) is 0 Å². The Kier molecular flexibility index (Phi) is 6.39. The fourth-order valence-electron chi connectivity index (χ4n) is 2.96. The van der Waals surface area contributed by atoms with E-state index in [1.807, 2.05) is 54.0 Å². The number of hydrogen-bond donors (Lipinski definition) is 1. The Morgan fingerprint density at radius 1 is 1.12 bits per heavy atom. The van der Waals surface area contributed by atoms with Crippen molar-refractivity contribution in [3.05, 3.63) is 66.0 Å². The highest BCUT2D eigenvalue weighted by Crippen LogP contribution is 2.18. The van der Waals surface area contributed by atoms with E-state index in [2.05, 4.69) is 17.4 Å². The van der Waals surface area contributed by atoms with E-state index in [9.17, 15) is 4.79 Å². The predicted molar refractivity (Wildman–Crippen MR) is 103 cm³/mol. The lowest BCUT2D eigenvalue weighted by molar-refractivity contribution is -0.121. The normalized spacial score (nSPS) is 11.0. The van der Waals surface area contributed by atoms with Crippen LogP contribution in [0.15, 0.2) is 54.6 Å². The van der Waals surface area contributed by atoms with Crippen LogP contribution in [0.3, 0.4) is 0 Å². The van der Waals surface area contributed by atoms with Gasteiger partial charge in [0.2, 0.25) is 5.91 Å². The molecule has 1 N–H and O–H groups in total. The van der Waals surface area contributed by atoms with Gasteiger partial charge in [-0.2, -0.15) is 0 Å². The van der Waals surface area contributed by atoms with Gasteiger partial charge in [0.1, 0.15) is 12.4 Å². The lowest BCUT2D eigenvalue weighted by Gasteiger charge is -2.10. The number of benzene rings is 2. The van der Waals surface area contributed by atoms with Crippen molar-refractivity contribution in [1.82, 2.24) is 14.9 Å². The lowest BCUT2D eigenvalue weighted by atomic mass is 10.1. The second kappa shape index (κ2) is 9.15. The van der Waals surface area contributed by atoms with Crippen LogP contribution in [0.25, 0.3) is 11.0 Å². The van der Waals surface area contributed by atoms with Gasteiger partial charge < -0.3 is 14.6 Å². The molecular weight excluding hydrogens is 326 g/mol. The highest BCUT2D eigenvalue weighted by atomic mass is 16.5. The number of para-hydroxylation sites is 2. The molecule has 0 saturated heterocycles. The standard InChI is InChI=1S/C21H25N3O2/c1-2-26-14-8-13-22-21(25)16-24-19-12-7-6-11-18(19)23-20(24)15-17-9-4-3-5-10-17/h3-7,9-12H,2,8,13-16H2,1H3,(H,22,25). The van der Waals surface area contributed by atoms with Crippen molar-refractivity contribution in [3.63, 3.8) is 0 Å². The summed E-state index contributed by atoms with van der Waals surface area (Å²) in [5, 5.41) is 2.97. The summed E-state index contributed by atoms with van der Waals surface area (Å²) in [5.74, 6) is 0.904. The second-order valence-electron chi connectivity index (χ2n) is 6.17. The maximum atomic E-state index is 12.4. The third kappa shape index (κ3) is 4.70. The van der Waals surface area contributed by atoms with Gasteiger partial charge in [-0.3, -0.25) is 4.79 Å². The third-order valence-corrected chi connectivity index (χ3v) is 4.23. The average molecular weight is 351 g/mol. The van der Waals surface area contributed by atoms with Crippen LogP contribution < -0.4 is 5.32 Å². The minimum atomic E-state index is -0.000960. The van der Waals surface area contributed by atoms with Gasteiger partial charge in [0.25, 0.3) is 0 Å². The van der Waals surface area contributed by atoms with Crippen LogP contribution in [0.5, 0.6) is 0 Å². The number of rotatable bonds is 9. The van der Waals surface area contributed by atoms with Gasteiger partial charge in [0.05, 0.1) is 11.0 Å². The summed E-state index contributed by atoms with van der Waals surface area (Å²) in [4.78, 5) is 17.1. The van der Waals surface area contributed by atoms with Crippen LogP contribution in [0, 0.1) is 0 Å². The number of amides is 1. The first-order valence-corrected chi connectivity index (χ1v) is 9.10.